The van der Waals surface area contributed by atoms with Crippen molar-refractivity contribution in [3.05, 3.63) is 65.5 Å². The molecule has 2 aromatic carbocycles. The van der Waals surface area contributed by atoms with Gasteiger partial charge in [0.2, 0.25) is 17.7 Å². The number of para-hydroxylation sites is 1. The molecule has 1 fully saturated rings. The van der Waals surface area contributed by atoms with E-state index in [2.05, 4.69) is 28.2 Å². The minimum Gasteiger partial charge on any atom is -0.492 e. The summed E-state index contributed by atoms with van der Waals surface area (Å²) in [5.74, 6) is -0.250. The molecule has 1 saturated carbocycles. The van der Waals surface area contributed by atoms with Gasteiger partial charge in [-0.05, 0) is 66.3 Å². The van der Waals surface area contributed by atoms with Gasteiger partial charge in [0, 0.05) is 13.1 Å². The fourth-order valence-corrected chi connectivity index (χ4v) is 5.23. The Morgan fingerprint density at radius 3 is 2.41 bits per heavy atom. The van der Waals surface area contributed by atoms with E-state index in [9.17, 15) is 18.8 Å². The third-order valence-electron chi connectivity index (χ3n) is 7.87. The number of amides is 3. The molecule has 0 saturated heterocycles. The van der Waals surface area contributed by atoms with Crippen LogP contribution < -0.4 is 26.0 Å². The Bertz CT molecular complexity index is 1200. The number of ether oxygens (including phenoxy) is 1. The summed E-state index contributed by atoms with van der Waals surface area (Å²) in [5, 5.41) is 12.1. The van der Waals surface area contributed by atoms with Crippen LogP contribution in [-0.4, -0.2) is 55.5 Å². The highest BCUT2D eigenvalue weighted by molar-refractivity contribution is 5.93. The number of benzene rings is 2. The summed E-state index contributed by atoms with van der Waals surface area (Å²) in [5.41, 5.74) is 1.70. The fraction of sp³-hybridized carbons (Fsp3) is 0.531. The zero-order valence-corrected chi connectivity index (χ0v) is 24.3. The second kappa shape index (κ2) is 14.4. The summed E-state index contributed by atoms with van der Waals surface area (Å²) in [6.45, 7) is 6.96. The van der Waals surface area contributed by atoms with Gasteiger partial charge in [-0.3, -0.25) is 14.4 Å². The summed E-state index contributed by atoms with van der Waals surface area (Å²) in [7, 11) is 0. The molecule has 0 bridgehead atoms. The van der Waals surface area contributed by atoms with E-state index in [0.717, 1.165) is 30.6 Å². The molecule has 0 aromatic heterocycles. The number of nitrogens with one attached hydrogen (secondary N) is 4. The molecule has 1 aliphatic heterocycles. The molecular weight excluding hydrogens is 523 g/mol. The number of fused-ring (bicyclic) bond motifs is 1. The average molecular weight is 567 g/mol. The van der Waals surface area contributed by atoms with Crippen LogP contribution in [0.5, 0.6) is 5.75 Å². The number of halogens is 1. The molecule has 4 N–H and O–H groups in total. The molecule has 2 aliphatic rings. The van der Waals surface area contributed by atoms with Gasteiger partial charge in [-0.1, -0.05) is 63.9 Å². The highest BCUT2D eigenvalue weighted by Gasteiger charge is 2.34. The number of carbonyl (C=O) groups excluding carboxylic acids is 3. The Morgan fingerprint density at radius 2 is 1.68 bits per heavy atom. The molecule has 41 heavy (non-hydrogen) atoms. The van der Waals surface area contributed by atoms with Crippen LogP contribution in [0.25, 0.3) is 0 Å². The van der Waals surface area contributed by atoms with Gasteiger partial charge in [0.05, 0.1) is 6.04 Å². The first-order chi connectivity index (χ1) is 19.7. The quantitative estimate of drug-likeness (QED) is 0.444. The maximum absolute atomic E-state index is 13.9. The molecule has 0 radical (unpaired) electrons. The van der Waals surface area contributed by atoms with Crippen LogP contribution in [0.1, 0.15) is 63.5 Å². The summed E-state index contributed by atoms with van der Waals surface area (Å²) in [6, 6.07) is 11.7. The van der Waals surface area contributed by atoms with E-state index in [-0.39, 0.29) is 41.8 Å². The SMILES string of the molecule is CC1CCNC(=O)[C@H](CC2CC2)NC(=O)[C@@H](C(C)C)NC(=O)[C@@H](Cc2cccc(F)c2)NCCOc2ccccc21. The van der Waals surface area contributed by atoms with E-state index >= 15 is 0 Å². The lowest BCUT2D eigenvalue weighted by molar-refractivity contribution is -0.133. The molecule has 1 unspecified atom stereocenters. The molecule has 4 atom stereocenters. The third kappa shape index (κ3) is 9.01. The first-order valence-corrected chi connectivity index (χ1v) is 14.8. The van der Waals surface area contributed by atoms with Gasteiger partial charge in [0.25, 0.3) is 0 Å². The predicted octanol–water partition coefficient (Wildman–Crippen LogP) is 3.45. The summed E-state index contributed by atoms with van der Waals surface area (Å²) in [6.07, 6.45) is 3.62. The highest BCUT2D eigenvalue weighted by Crippen LogP contribution is 2.34. The van der Waals surface area contributed by atoms with E-state index in [1.54, 1.807) is 12.1 Å². The minimum atomic E-state index is -0.837. The molecule has 0 spiro atoms. The molecule has 9 heteroatoms. The van der Waals surface area contributed by atoms with Crippen molar-refractivity contribution in [1.82, 2.24) is 21.3 Å². The number of rotatable bonds is 5. The topological polar surface area (TPSA) is 109 Å². The van der Waals surface area contributed by atoms with Crippen molar-refractivity contribution in [1.29, 1.82) is 0 Å². The monoisotopic (exact) mass is 566 g/mol. The van der Waals surface area contributed by atoms with Gasteiger partial charge in [0.1, 0.15) is 30.3 Å². The Morgan fingerprint density at radius 1 is 0.902 bits per heavy atom. The average Bonchev–Trinajstić information content (AvgIpc) is 3.76. The normalized spacial score (nSPS) is 25.1. The van der Waals surface area contributed by atoms with Crippen LogP contribution in [0.3, 0.4) is 0 Å². The first kappa shape index (κ1) is 30.5. The Kier molecular flexibility index (Phi) is 10.7. The van der Waals surface area contributed by atoms with E-state index < -0.39 is 18.1 Å². The van der Waals surface area contributed by atoms with E-state index in [1.165, 1.54) is 12.1 Å². The number of hydrogen-bond acceptors (Lipinski definition) is 5. The standard InChI is InChI=1S/C32H43FN4O4/c1-20(2)29-32(40)36-27(18-22-11-12-22)30(38)35-14-13-21(3)25-9-4-5-10-28(25)41-16-15-34-26(31(39)37-29)19-23-7-6-8-24(33)17-23/h4-10,17,20-22,26-27,29,34H,11-16,18-19H2,1-3H3,(H,35,38)(H,36,40)(H,37,39)/t21?,26-,27+,29-/m1/s1. The second-order valence-electron chi connectivity index (χ2n) is 11.7. The van der Waals surface area contributed by atoms with Gasteiger partial charge in [-0.15, -0.1) is 0 Å². The van der Waals surface area contributed by atoms with Gasteiger partial charge in [0.15, 0.2) is 0 Å². The highest BCUT2D eigenvalue weighted by atomic mass is 19.1. The van der Waals surface area contributed by atoms with Crippen molar-refractivity contribution in [2.24, 2.45) is 11.8 Å². The molecule has 8 nitrogen and oxygen atoms in total. The van der Waals surface area contributed by atoms with Crippen molar-refractivity contribution >= 4 is 17.7 Å². The van der Waals surface area contributed by atoms with Crippen molar-refractivity contribution in [3.63, 3.8) is 0 Å². The lowest BCUT2D eigenvalue weighted by atomic mass is 9.96. The molecule has 1 aliphatic carbocycles. The van der Waals surface area contributed by atoms with Crippen LogP contribution in [0, 0.1) is 17.7 Å². The van der Waals surface area contributed by atoms with Gasteiger partial charge < -0.3 is 26.0 Å². The summed E-state index contributed by atoms with van der Waals surface area (Å²) >= 11 is 0. The fourth-order valence-electron chi connectivity index (χ4n) is 5.23. The number of hydrogen-bond donors (Lipinski definition) is 4. The van der Waals surface area contributed by atoms with E-state index in [4.69, 9.17) is 4.74 Å². The Balaban J connectivity index is 1.58. The van der Waals surface area contributed by atoms with Crippen LogP contribution in [0.2, 0.25) is 0 Å². The smallest absolute Gasteiger partial charge is 0.243 e. The lowest BCUT2D eigenvalue weighted by Crippen LogP contribution is -2.58. The van der Waals surface area contributed by atoms with Crippen LogP contribution >= 0.6 is 0 Å². The maximum atomic E-state index is 13.9. The molecule has 222 valence electrons. The first-order valence-electron chi connectivity index (χ1n) is 14.8. The largest absolute Gasteiger partial charge is 0.492 e. The summed E-state index contributed by atoms with van der Waals surface area (Å²) in [4.78, 5) is 40.2. The zero-order chi connectivity index (χ0) is 29.4. The Hall–Kier alpha value is -3.46. The summed E-state index contributed by atoms with van der Waals surface area (Å²) < 4.78 is 20.0. The van der Waals surface area contributed by atoms with Crippen molar-refractivity contribution in [2.45, 2.75) is 76.9 Å². The molecule has 3 amide bonds. The van der Waals surface area contributed by atoms with Crippen molar-refractivity contribution < 1.29 is 23.5 Å². The van der Waals surface area contributed by atoms with Crippen LogP contribution in [0.4, 0.5) is 4.39 Å². The number of carbonyl (C=O) groups is 3. The molecule has 4 rings (SSSR count). The van der Waals surface area contributed by atoms with E-state index in [0.29, 0.717) is 37.6 Å². The molecule has 1 heterocycles. The zero-order valence-electron chi connectivity index (χ0n) is 24.3. The van der Waals surface area contributed by atoms with Gasteiger partial charge in [-0.2, -0.15) is 0 Å². The molecular formula is C32H43FN4O4. The second-order valence-corrected chi connectivity index (χ2v) is 11.7. The van der Waals surface area contributed by atoms with Crippen LogP contribution in [0.15, 0.2) is 48.5 Å². The van der Waals surface area contributed by atoms with Crippen molar-refractivity contribution in [2.75, 3.05) is 19.7 Å². The lowest BCUT2D eigenvalue weighted by Gasteiger charge is -2.28. The van der Waals surface area contributed by atoms with Gasteiger partial charge >= 0.3 is 0 Å². The van der Waals surface area contributed by atoms with E-state index in [1.807, 2.05) is 38.1 Å². The third-order valence-corrected chi connectivity index (χ3v) is 7.87. The maximum Gasteiger partial charge on any atom is 0.243 e. The van der Waals surface area contributed by atoms with Crippen molar-refractivity contribution in [3.8, 4) is 5.75 Å². The predicted molar refractivity (Wildman–Crippen MR) is 156 cm³/mol. The minimum absolute atomic E-state index is 0.131. The van der Waals surface area contributed by atoms with Crippen LogP contribution in [-0.2, 0) is 20.8 Å². The molecule has 2 aromatic rings. The van der Waals surface area contributed by atoms with Gasteiger partial charge in [-0.25, -0.2) is 4.39 Å². The Labute approximate surface area is 242 Å².